The molecule has 0 radical (unpaired) electrons. The van der Waals surface area contributed by atoms with Crippen molar-refractivity contribution in [3.05, 3.63) is 24.3 Å². The van der Waals surface area contributed by atoms with Crippen molar-refractivity contribution in [2.75, 3.05) is 30.7 Å². The number of para-hydroxylation sites is 2. The largest absolute Gasteiger partial charge is 0.397 e. The fourth-order valence-corrected chi connectivity index (χ4v) is 2.62. The molecule has 1 aromatic carbocycles. The van der Waals surface area contributed by atoms with Gasteiger partial charge in [0.05, 0.1) is 11.4 Å². The predicted molar refractivity (Wildman–Crippen MR) is 83.6 cm³/mol. The molecule has 1 aliphatic rings. The Hall–Kier alpha value is -1.55. The SMILES string of the molecule is Nc1ccccc1NC(=O)CCN1CCCCCCC1. The summed E-state index contributed by atoms with van der Waals surface area (Å²) in [7, 11) is 0. The van der Waals surface area contributed by atoms with Gasteiger partial charge in [-0.3, -0.25) is 4.79 Å². The molecule has 1 aliphatic heterocycles. The van der Waals surface area contributed by atoms with Gasteiger partial charge in [-0.05, 0) is 38.1 Å². The van der Waals surface area contributed by atoms with Gasteiger partial charge in [0.2, 0.25) is 5.91 Å². The van der Waals surface area contributed by atoms with Gasteiger partial charge in [0.25, 0.3) is 0 Å². The van der Waals surface area contributed by atoms with Crippen LogP contribution in [0.4, 0.5) is 11.4 Å². The molecule has 1 fully saturated rings. The molecular formula is C16H25N3O. The van der Waals surface area contributed by atoms with Crippen LogP contribution in [0.3, 0.4) is 0 Å². The number of nitrogens with two attached hydrogens (primary N) is 1. The lowest BCUT2D eigenvalue weighted by atomic mass is 10.1. The highest BCUT2D eigenvalue weighted by Gasteiger charge is 2.11. The normalized spacial score (nSPS) is 17.2. The first-order chi connectivity index (χ1) is 9.75. The lowest BCUT2D eigenvalue weighted by Gasteiger charge is -2.24. The number of likely N-dealkylation sites (tertiary alicyclic amines) is 1. The van der Waals surface area contributed by atoms with Gasteiger partial charge in [-0.15, -0.1) is 0 Å². The molecule has 1 heterocycles. The average molecular weight is 275 g/mol. The number of carbonyl (C=O) groups is 1. The molecule has 0 aliphatic carbocycles. The van der Waals surface area contributed by atoms with Gasteiger partial charge >= 0.3 is 0 Å². The third-order valence-electron chi connectivity index (χ3n) is 3.84. The summed E-state index contributed by atoms with van der Waals surface area (Å²) in [6, 6.07) is 7.38. The summed E-state index contributed by atoms with van der Waals surface area (Å²) in [6.07, 6.45) is 7.06. The van der Waals surface area contributed by atoms with E-state index in [1.807, 2.05) is 18.2 Å². The number of amides is 1. The molecule has 0 unspecified atom stereocenters. The van der Waals surface area contributed by atoms with Crippen molar-refractivity contribution in [1.29, 1.82) is 0 Å². The molecule has 4 heteroatoms. The second-order valence-corrected chi connectivity index (χ2v) is 5.49. The lowest BCUT2D eigenvalue weighted by Crippen LogP contribution is -2.30. The van der Waals surface area contributed by atoms with Crippen molar-refractivity contribution >= 4 is 17.3 Å². The first kappa shape index (κ1) is 14.9. The van der Waals surface area contributed by atoms with Crippen LogP contribution in [0.15, 0.2) is 24.3 Å². The smallest absolute Gasteiger partial charge is 0.225 e. The maximum absolute atomic E-state index is 12.0. The summed E-state index contributed by atoms with van der Waals surface area (Å²) < 4.78 is 0. The van der Waals surface area contributed by atoms with Crippen LogP contribution < -0.4 is 11.1 Å². The average Bonchev–Trinajstić information content (AvgIpc) is 2.40. The summed E-state index contributed by atoms with van der Waals surface area (Å²) in [5, 5.41) is 2.89. The summed E-state index contributed by atoms with van der Waals surface area (Å²) in [6.45, 7) is 3.10. The van der Waals surface area contributed by atoms with Crippen molar-refractivity contribution in [3.8, 4) is 0 Å². The first-order valence-corrected chi connectivity index (χ1v) is 7.62. The number of hydrogen-bond donors (Lipinski definition) is 2. The van der Waals surface area contributed by atoms with Crippen LogP contribution in [0.25, 0.3) is 0 Å². The molecule has 1 aromatic rings. The van der Waals surface area contributed by atoms with Crippen LogP contribution >= 0.6 is 0 Å². The van der Waals surface area contributed by atoms with E-state index in [1.165, 1.54) is 32.1 Å². The van der Waals surface area contributed by atoms with Crippen molar-refractivity contribution in [2.24, 2.45) is 0 Å². The van der Waals surface area contributed by atoms with Gasteiger partial charge in [-0.25, -0.2) is 0 Å². The molecule has 0 spiro atoms. The van der Waals surface area contributed by atoms with E-state index < -0.39 is 0 Å². The maximum Gasteiger partial charge on any atom is 0.225 e. The van der Waals surface area contributed by atoms with Gasteiger partial charge in [0.15, 0.2) is 0 Å². The second kappa shape index (κ2) is 7.90. The Kier molecular flexibility index (Phi) is 5.87. The van der Waals surface area contributed by atoms with E-state index in [0.717, 1.165) is 19.6 Å². The highest BCUT2D eigenvalue weighted by Crippen LogP contribution is 2.17. The van der Waals surface area contributed by atoms with E-state index in [9.17, 15) is 4.79 Å². The third-order valence-corrected chi connectivity index (χ3v) is 3.84. The molecule has 2 rings (SSSR count). The zero-order valence-corrected chi connectivity index (χ0v) is 12.1. The molecule has 20 heavy (non-hydrogen) atoms. The fourth-order valence-electron chi connectivity index (χ4n) is 2.62. The minimum absolute atomic E-state index is 0.0463. The van der Waals surface area contributed by atoms with E-state index in [1.54, 1.807) is 6.07 Å². The summed E-state index contributed by atoms with van der Waals surface area (Å²) in [5.74, 6) is 0.0463. The molecule has 1 amide bonds. The van der Waals surface area contributed by atoms with Crippen LogP contribution in [0.1, 0.15) is 38.5 Å². The maximum atomic E-state index is 12.0. The molecule has 0 saturated carbocycles. The topological polar surface area (TPSA) is 58.4 Å². The fraction of sp³-hybridized carbons (Fsp3) is 0.562. The van der Waals surface area contributed by atoms with E-state index in [4.69, 9.17) is 5.73 Å². The van der Waals surface area contributed by atoms with E-state index in [-0.39, 0.29) is 5.91 Å². The Morgan fingerprint density at radius 2 is 1.75 bits per heavy atom. The zero-order chi connectivity index (χ0) is 14.2. The number of benzene rings is 1. The molecule has 0 bridgehead atoms. The van der Waals surface area contributed by atoms with Crippen molar-refractivity contribution < 1.29 is 4.79 Å². The monoisotopic (exact) mass is 275 g/mol. The number of nitrogens with one attached hydrogen (secondary N) is 1. The first-order valence-electron chi connectivity index (χ1n) is 7.62. The highest BCUT2D eigenvalue weighted by atomic mass is 16.1. The molecule has 4 nitrogen and oxygen atoms in total. The predicted octanol–water partition coefficient (Wildman–Crippen LogP) is 2.86. The van der Waals surface area contributed by atoms with Crippen LogP contribution in [0.5, 0.6) is 0 Å². The minimum atomic E-state index is 0.0463. The number of anilines is 2. The molecule has 1 saturated heterocycles. The van der Waals surface area contributed by atoms with Crippen LogP contribution in [-0.2, 0) is 4.79 Å². The molecule has 110 valence electrons. The Labute approximate surface area is 121 Å². The van der Waals surface area contributed by atoms with Gasteiger partial charge in [0, 0.05) is 13.0 Å². The van der Waals surface area contributed by atoms with Crippen molar-refractivity contribution in [1.82, 2.24) is 4.90 Å². The molecule has 0 atom stereocenters. The Morgan fingerprint density at radius 1 is 1.10 bits per heavy atom. The van der Waals surface area contributed by atoms with Gasteiger partial charge in [-0.2, -0.15) is 0 Å². The Balaban J connectivity index is 1.75. The third kappa shape index (κ3) is 4.85. The van der Waals surface area contributed by atoms with Crippen molar-refractivity contribution in [2.45, 2.75) is 38.5 Å². The molecule has 0 aromatic heterocycles. The van der Waals surface area contributed by atoms with E-state index in [2.05, 4.69) is 10.2 Å². The number of carbonyl (C=O) groups excluding carboxylic acids is 1. The number of nitrogen functional groups attached to an aromatic ring is 1. The zero-order valence-electron chi connectivity index (χ0n) is 12.1. The molecule has 3 N–H and O–H groups in total. The number of rotatable bonds is 4. The summed E-state index contributed by atoms with van der Waals surface area (Å²) in [5.41, 5.74) is 7.15. The highest BCUT2D eigenvalue weighted by molar-refractivity contribution is 5.93. The number of hydrogen-bond acceptors (Lipinski definition) is 3. The second-order valence-electron chi connectivity index (χ2n) is 5.49. The Morgan fingerprint density at radius 3 is 2.45 bits per heavy atom. The summed E-state index contributed by atoms with van der Waals surface area (Å²) >= 11 is 0. The van der Waals surface area contributed by atoms with Crippen molar-refractivity contribution in [3.63, 3.8) is 0 Å². The van der Waals surface area contributed by atoms with E-state index in [0.29, 0.717) is 17.8 Å². The standard InChI is InChI=1S/C16H25N3O/c17-14-8-4-5-9-15(14)18-16(20)10-13-19-11-6-2-1-3-7-12-19/h4-5,8-9H,1-3,6-7,10-13,17H2,(H,18,20). The van der Waals surface area contributed by atoms with Gasteiger partial charge < -0.3 is 16.0 Å². The van der Waals surface area contributed by atoms with E-state index >= 15 is 0 Å². The van der Waals surface area contributed by atoms with Crippen LogP contribution in [-0.4, -0.2) is 30.4 Å². The van der Waals surface area contributed by atoms with Crippen LogP contribution in [0.2, 0.25) is 0 Å². The molecular weight excluding hydrogens is 250 g/mol. The Bertz CT molecular complexity index is 425. The van der Waals surface area contributed by atoms with Crippen LogP contribution in [0, 0.1) is 0 Å². The minimum Gasteiger partial charge on any atom is -0.397 e. The quantitative estimate of drug-likeness (QED) is 0.831. The lowest BCUT2D eigenvalue weighted by molar-refractivity contribution is -0.116. The number of nitrogens with zero attached hydrogens (tertiary/aromatic N) is 1. The van der Waals surface area contributed by atoms with Gasteiger partial charge in [0.1, 0.15) is 0 Å². The summed E-state index contributed by atoms with van der Waals surface area (Å²) in [4.78, 5) is 14.4. The van der Waals surface area contributed by atoms with Gasteiger partial charge in [-0.1, -0.05) is 31.4 Å².